The van der Waals surface area contributed by atoms with Gasteiger partial charge in [0.15, 0.2) is 8.07 Å². The Morgan fingerprint density at radius 3 is 1.26 bits per heavy atom. The van der Waals surface area contributed by atoms with E-state index in [1.54, 1.807) is 0 Å². The second-order valence-electron chi connectivity index (χ2n) is 8.02. The lowest BCUT2D eigenvalue weighted by molar-refractivity contribution is 1.59. The van der Waals surface area contributed by atoms with Gasteiger partial charge in [-0.25, -0.2) is 0 Å². The number of rotatable bonds is 2. The molecule has 6 rings (SSSR count). The van der Waals surface area contributed by atoms with Crippen LogP contribution < -0.4 is 10.4 Å². The molecule has 0 amide bonds. The maximum atomic E-state index is 3.61. The van der Waals surface area contributed by atoms with Crippen LogP contribution in [0, 0.1) is 0 Å². The molecule has 0 N–H and O–H groups in total. The van der Waals surface area contributed by atoms with Crippen molar-refractivity contribution in [3.05, 3.63) is 129 Å². The molecular weight excluding hydrogens is 524 g/mol. The minimum atomic E-state index is -2.39. The third-order valence-electron chi connectivity index (χ3n) is 6.49. The molecule has 4 aromatic carbocycles. The fourth-order valence-corrected chi connectivity index (χ4v) is 11.3. The Bertz CT molecular complexity index is 1270. The molecule has 0 unspecified atom stereocenters. The first-order chi connectivity index (χ1) is 15.2. The van der Waals surface area contributed by atoms with E-state index in [4.69, 9.17) is 0 Å². The van der Waals surface area contributed by atoms with Crippen LogP contribution in [0.15, 0.2) is 118 Å². The van der Waals surface area contributed by atoms with E-state index in [2.05, 4.69) is 141 Å². The molecule has 2 heterocycles. The van der Waals surface area contributed by atoms with Gasteiger partial charge in [0, 0.05) is 8.95 Å². The maximum absolute atomic E-state index is 3.61. The molecule has 0 fully saturated rings. The largest absolute Gasteiger partial charge is 0.182 e. The summed E-state index contributed by atoms with van der Waals surface area (Å²) in [5.41, 5.74) is 5.39. The van der Waals surface area contributed by atoms with E-state index in [1.165, 1.54) is 43.0 Å². The van der Waals surface area contributed by atoms with E-state index in [-0.39, 0.29) is 0 Å². The van der Waals surface area contributed by atoms with E-state index in [0.717, 1.165) is 8.95 Å². The van der Waals surface area contributed by atoms with Gasteiger partial charge in [0.05, 0.1) is 0 Å². The predicted molar refractivity (Wildman–Crippen MR) is 141 cm³/mol. The molecule has 2 aliphatic rings. The first-order valence-electron chi connectivity index (χ1n) is 10.3. The van der Waals surface area contributed by atoms with Crippen LogP contribution in [-0.4, -0.2) is 8.07 Å². The summed E-state index contributed by atoms with van der Waals surface area (Å²) >= 11 is 7.22. The van der Waals surface area contributed by atoms with Crippen molar-refractivity contribution in [2.75, 3.05) is 0 Å². The highest BCUT2D eigenvalue weighted by Gasteiger charge is 2.53. The molecule has 0 radical (unpaired) electrons. The smallest absolute Gasteiger partial charge is 0.0623 e. The number of fused-ring (bicyclic) bond motifs is 5. The SMILES string of the molecule is Brc1ccc(C2=CC=C(c3ccc(Br)cc3)[Si]23c2ccccc2-c2ccccc23)cc1. The number of hydrogen-bond acceptors (Lipinski definition) is 0. The summed E-state index contributed by atoms with van der Waals surface area (Å²) < 4.78 is 2.22. The summed E-state index contributed by atoms with van der Waals surface area (Å²) in [5.74, 6) is 0. The van der Waals surface area contributed by atoms with Crippen LogP contribution in [0.3, 0.4) is 0 Å². The van der Waals surface area contributed by atoms with Crippen LogP contribution in [0.4, 0.5) is 0 Å². The first-order valence-corrected chi connectivity index (χ1v) is 13.9. The highest BCUT2D eigenvalue weighted by molar-refractivity contribution is 9.10. The molecule has 31 heavy (non-hydrogen) atoms. The average Bonchev–Trinajstić information content (AvgIpc) is 3.34. The standard InChI is InChI=1S/C28H18Br2Si/c29-21-13-9-19(10-14-21)25-17-18-26(20-11-15-22(30)16-12-20)31(25)27-7-3-1-5-23(27)24-6-2-4-8-28(24)31/h1-18H. The van der Waals surface area contributed by atoms with Crippen LogP contribution in [0.2, 0.25) is 0 Å². The Kier molecular flexibility index (Phi) is 4.53. The van der Waals surface area contributed by atoms with Gasteiger partial charge < -0.3 is 0 Å². The highest BCUT2D eigenvalue weighted by atomic mass is 79.9. The van der Waals surface area contributed by atoms with Gasteiger partial charge in [0.2, 0.25) is 0 Å². The zero-order valence-electron chi connectivity index (χ0n) is 16.6. The van der Waals surface area contributed by atoms with Gasteiger partial charge in [0.25, 0.3) is 0 Å². The minimum Gasteiger partial charge on any atom is -0.0623 e. The lowest BCUT2D eigenvalue weighted by atomic mass is 10.1. The zero-order valence-corrected chi connectivity index (χ0v) is 20.8. The van der Waals surface area contributed by atoms with Crippen LogP contribution in [-0.2, 0) is 0 Å². The van der Waals surface area contributed by atoms with Gasteiger partial charge in [-0.2, -0.15) is 0 Å². The quantitative estimate of drug-likeness (QED) is 0.239. The topological polar surface area (TPSA) is 0 Å². The van der Waals surface area contributed by atoms with Crippen molar-refractivity contribution < 1.29 is 0 Å². The van der Waals surface area contributed by atoms with E-state index < -0.39 is 8.07 Å². The zero-order chi connectivity index (χ0) is 21.0. The van der Waals surface area contributed by atoms with Crippen molar-refractivity contribution in [1.29, 1.82) is 0 Å². The van der Waals surface area contributed by atoms with E-state index in [0.29, 0.717) is 0 Å². The van der Waals surface area contributed by atoms with Crippen LogP contribution >= 0.6 is 31.9 Å². The van der Waals surface area contributed by atoms with Gasteiger partial charge >= 0.3 is 0 Å². The van der Waals surface area contributed by atoms with Gasteiger partial charge in [0.1, 0.15) is 0 Å². The molecule has 0 aliphatic carbocycles. The molecule has 0 atom stereocenters. The fourth-order valence-electron chi connectivity index (χ4n) is 5.26. The molecule has 2 aliphatic heterocycles. The molecule has 0 saturated heterocycles. The van der Waals surface area contributed by atoms with Gasteiger partial charge in [-0.05, 0) is 67.3 Å². The molecular formula is C28H18Br2Si. The maximum Gasteiger partial charge on any atom is 0.182 e. The summed E-state index contributed by atoms with van der Waals surface area (Å²) in [6.45, 7) is 0. The number of halogens is 2. The minimum absolute atomic E-state index is 1.11. The van der Waals surface area contributed by atoms with Crippen molar-refractivity contribution in [2.45, 2.75) is 0 Å². The van der Waals surface area contributed by atoms with Crippen molar-refractivity contribution in [1.82, 2.24) is 0 Å². The van der Waals surface area contributed by atoms with Crippen LogP contribution in [0.5, 0.6) is 0 Å². The van der Waals surface area contributed by atoms with Crippen molar-refractivity contribution in [3.63, 3.8) is 0 Å². The van der Waals surface area contributed by atoms with Crippen molar-refractivity contribution >= 4 is 60.7 Å². The molecule has 0 aromatic heterocycles. The summed E-state index contributed by atoms with van der Waals surface area (Å²) in [5, 5.41) is 5.93. The third-order valence-corrected chi connectivity index (χ3v) is 12.6. The lowest BCUT2D eigenvalue weighted by Gasteiger charge is -2.32. The summed E-state index contributed by atoms with van der Waals surface area (Å²) in [6.07, 6.45) is 4.76. The second kappa shape index (κ2) is 7.30. The van der Waals surface area contributed by atoms with Crippen molar-refractivity contribution in [3.8, 4) is 11.1 Å². The molecule has 0 bridgehead atoms. The predicted octanol–water partition coefficient (Wildman–Crippen LogP) is 7.01. The summed E-state index contributed by atoms with van der Waals surface area (Å²) in [6, 6.07) is 35.7. The van der Waals surface area contributed by atoms with E-state index in [1.807, 2.05) is 0 Å². The van der Waals surface area contributed by atoms with Crippen LogP contribution in [0.1, 0.15) is 11.1 Å². The van der Waals surface area contributed by atoms with Gasteiger partial charge in [-0.15, -0.1) is 0 Å². The van der Waals surface area contributed by atoms with E-state index >= 15 is 0 Å². The Morgan fingerprint density at radius 2 is 0.839 bits per heavy atom. The Hall–Kier alpha value is -2.46. The Balaban J connectivity index is 1.69. The number of benzene rings is 4. The van der Waals surface area contributed by atoms with Gasteiger partial charge in [-0.1, -0.05) is 117 Å². The normalized spacial score (nSPS) is 15.4. The van der Waals surface area contributed by atoms with Crippen molar-refractivity contribution in [2.24, 2.45) is 0 Å². The Morgan fingerprint density at radius 1 is 0.452 bits per heavy atom. The highest BCUT2D eigenvalue weighted by Crippen LogP contribution is 2.46. The molecule has 3 heteroatoms. The third kappa shape index (κ3) is 2.77. The summed E-state index contributed by atoms with van der Waals surface area (Å²) in [4.78, 5) is 0. The number of hydrogen-bond donors (Lipinski definition) is 0. The lowest BCUT2D eigenvalue weighted by Crippen LogP contribution is -2.56. The number of allylic oxidation sites excluding steroid dienone is 2. The molecule has 4 aromatic rings. The molecule has 1 spiro atoms. The van der Waals surface area contributed by atoms with Crippen LogP contribution in [0.25, 0.3) is 21.5 Å². The fraction of sp³-hybridized carbons (Fsp3) is 0. The second-order valence-corrected chi connectivity index (χ2v) is 13.5. The van der Waals surface area contributed by atoms with Gasteiger partial charge in [-0.3, -0.25) is 0 Å². The average molecular weight is 542 g/mol. The summed E-state index contributed by atoms with van der Waals surface area (Å²) in [7, 11) is -2.39. The molecule has 148 valence electrons. The van der Waals surface area contributed by atoms with E-state index in [9.17, 15) is 0 Å². The first kappa shape index (κ1) is 19.2. The molecule has 0 saturated carbocycles. The monoisotopic (exact) mass is 540 g/mol. The Labute approximate surface area is 200 Å². The molecule has 0 nitrogen and oxygen atoms in total.